The number of allylic oxidation sites excluding steroid dienone is 1. The highest BCUT2D eigenvalue weighted by atomic mass is 35.5. The summed E-state index contributed by atoms with van der Waals surface area (Å²) in [6.07, 6.45) is 8.29. The normalized spacial score (nSPS) is 32.0. The van der Waals surface area contributed by atoms with E-state index in [1.54, 1.807) is 0 Å². The zero-order valence-corrected chi connectivity index (χ0v) is 17.5. The molecule has 1 amide bonds. The van der Waals surface area contributed by atoms with Crippen molar-refractivity contribution < 1.29 is 14.6 Å². The van der Waals surface area contributed by atoms with Crippen LogP contribution in [0.4, 0.5) is 0 Å². The molecule has 0 spiro atoms. The molecule has 4 atom stereocenters. The molecule has 0 aromatic carbocycles. The second-order valence-electron chi connectivity index (χ2n) is 8.87. The Morgan fingerprint density at radius 3 is 2.59 bits per heavy atom. The number of hydrogen-bond donors (Lipinski definition) is 2. The van der Waals surface area contributed by atoms with Gasteiger partial charge in [-0.25, -0.2) is 0 Å². The van der Waals surface area contributed by atoms with Crippen molar-refractivity contribution in [3.05, 3.63) is 12.2 Å². The first kappa shape index (κ1) is 21.1. The van der Waals surface area contributed by atoms with Gasteiger partial charge in [-0.15, -0.1) is 11.6 Å². The zero-order chi connectivity index (χ0) is 19.4. The van der Waals surface area contributed by atoms with Crippen molar-refractivity contribution in [3.63, 3.8) is 0 Å². The van der Waals surface area contributed by atoms with Crippen LogP contribution in [-0.4, -0.2) is 65.8 Å². The predicted octanol–water partition coefficient (Wildman–Crippen LogP) is 2.56. The number of piperidine rings is 1. The number of halogens is 1. The fourth-order valence-corrected chi connectivity index (χ4v) is 4.77. The van der Waals surface area contributed by atoms with E-state index in [1.807, 2.05) is 11.0 Å². The minimum atomic E-state index is -0.702. The second-order valence-corrected chi connectivity index (χ2v) is 9.43. The van der Waals surface area contributed by atoms with Crippen LogP contribution >= 0.6 is 11.6 Å². The first-order valence-corrected chi connectivity index (χ1v) is 11.0. The molecule has 154 valence electrons. The third-order valence-corrected chi connectivity index (χ3v) is 6.88. The van der Waals surface area contributed by atoms with E-state index in [9.17, 15) is 9.90 Å². The molecule has 2 N–H and O–H groups in total. The van der Waals surface area contributed by atoms with Gasteiger partial charge in [0.1, 0.15) is 0 Å². The van der Waals surface area contributed by atoms with Crippen molar-refractivity contribution >= 4 is 17.5 Å². The Hall–Kier alpha value is -0.620. The molecule has 3 aliphatic rings. The minimum Gasteiger partial charge on any atom is -0.389 e. The standard InChI is InChI=1S/C21H35ClN2O3/c1-15(2)19(23-13-16-7-12-27-14-16)20(25)24-10-8-21(26,9-11-24)17-3-5-18(22)6-4-17/h3,5,15-19,23,26H,4,6-14H2,1-2H3/t16?,17?,18?,19-/m1/s1. The van der Waals surface area contributed by atoms with Gasteiger partial charge >= 0.3 is 0 Å². The Morgan fingerprint density at radius 2 is 2.04 bits per heavy atom. The third kappa shape index (κ3) is 5.26. The van der Waals surface area contributed by atoms with Gasteiger partial charge in [-0.3, -0.25) is 4.79 Å². The lowest BCUT2D eigenvalue weighted by Crippen LogP contribution is -2.56. The Labute approximate surface area is 168 Å². The number of carbonyl (C=O) groups excluding carboxylic acids is 1. The average Bonchev–Trinajstić information content (AvgIpc) is 3.16. The molecule has 0 radical (unpaired) electrons. The molecule has 0 aromatic rings. The molecule has 3 rings (SSSR count). The van der Waals surface area contributed by atoms with Gasteiger partial charge in [0, 0.05) is 32.2 Å². The summed E-state index contributed by atoms with van der Waals surface area (Å²) in [5.41, 5.74) is -0.702. The minimum absolute atomic E-state index is 0.0923. The van der Waals surface area contributed by atoms with Gasteiger partial charge < -0.3 is 20.1 Å². The zero-order valence-electron chi connectivity index (χ0n) is 16.7. The SMILES string of the molecule is CC(C)[C@@H](NCC1CCOC1)C(=O)N1CCC(O)(C2C=CC(Cl)CC2)CC1. The van der Waals surface area contributed by atoms with E-state index < -0.39 is 5.60 Å². The fraction of sp³-hybridized carbons (Fsp3) is 0.857. The van der Waals surface area contributed by atoms with E-state index in [1.165, 1.54) is 0 Å². The van der Waals surface area contributed by atoms with Gasteiger partial charge in [-0.1, -0.05) is 26.0 Å². The third-order valence-electron chi connectivity index (χ3n) is 6.52. The Kier molecular flexibility index (Phi) is 7.23. The summed E-state index contributed by atoms with van der Waals surface area (Å²) in [6.45, 7) is 7.90. The van der Waals surface area contributed by atoms with Gasteiger partial charge in [-0.2, -0.15) is 0 Å². The summed E-state index contributed by atoms with van der Waals surface area (Å²) in [6, 6.07) is -0.164. The van der Waals surface area contributed by atoms with Crippen molar-refractivity contribution in [1.82, 2.24) is 10.2 Å². The monoisotopic (exact) mass is 398 g/mol. The van der Waals surface area contributed by atoms with Gasteiger partial charge in [0.15, 0.2) is 0 Å². The smallest absolute Gasteiger partial charge is 0.239 e. The van der Waals surface area contributed by atoms with Gasteiger partial charge in [0.25, 0.3) is 0 Å². The Balaban J connectivity index is 1.53. The molecule has 0 saturated carbocycles. The molecular formula is C21H35ClN2O3. The lowest BCUT2D eigenvalue weighted by atomic mass is 9.75. The number of likely N-dealkylation sites (tertiary alicyclic amines) is 1. The number of nitrogens with one attached hydrogen (secondary N) is 1. The van der Waals surface area contributed by atoms with Crippen molar-refractivity contribution in [3.8, 4) is 0 Å². The van der Waals surface area contributed by atoms with Crippen molar-refractivity contribution in [2.75, 3.05) is 32.8 Å². The van der Waals surface area contributed by atoms with Gasteiger partial charge in [0.05, 0.1) is 23.6 Å². The molecule has 5 nitrogen and oxygen atoms in total. The molecule has 2 saturated heterocycles. The summed E-state index contributed by atoms with van der Waals surface area (Å²) in [4.78, 5) is 15.0. The van der Waals surface area contributed by atoms with E-state index in [4.69, 9.17) is 16.3 Å². The topological polar surface area (TPSA) is 61.8 Å². The summed E-state index contributed by atoms with van der Waals surface area (Å²) in [5, 5.41) is 14.7. The van der Waals surface area contributed by atoms with Crippen LogP contribution in [0.5, 0.6) is 0 Å². The van der Waals surface area contributed by atoms with Crippen LogP contribution in [0.3, 0.4) is 0 Å². The molecule has 2 fully saturated rings. The van der Waals surface area contributed by atoms with E-state index >= 15 is 0 Å². The number of carbonyl (C=O) groups is 1. The van der Waals surface area contributed by atoms with Crippen LogP contribution in [0.25, 0.3) is 0 Å². The van der Waals surface area contributed by atoms with Crippen LogP contribution in [-0.2, 0) is 9.53 Å². The van der Waals surface area contributed by atoms with E-state index in [0.29, 0.717) is 31.8 Å². The maximum atomic E-state index is 13.1. The highest BCUT2D eigenvalue weighted by Gasteiger charge is 2.41. The van der Waals surface area contributed by atoms with Crippen LogP contribution in [0.15, 0.2) is 12.2 Å². The Bertz CT molecular complexity index is 526. The fourth-order valence-electron chi connectivity index (χ4n) is 4.56. The summed E-state index contributed by atoms with van der Waals surface area (Å²) in [5.74, 6) is 1.08. The molecule has 0 bridgehead atoms. The molecular weight excluding hydrogens is 364 g/mol. The van der Waals surface area contributed by atoms with Crippen LogP contribution in [0.2, 0.25) is 0 Å². The van der Waals surface area contributed by atoms with Gasteiger partial charge in [0.2, 0.25) is 5.91 Å². The van der Waals surface area contributed by atoms with Crippen molar-refractivity contribution in [2.24, 2.45) is 17.8 Å². The molecule has 3 unspecified atom stereocenters. The summed E-state index contributed by atoms with van der Waals surface area (Å²) < 4.78 is 5.44. The number of nitrogens with zero attached hydrogens (tertiary/aromatic N) is 1. The average molecular weight is 399 g/mol. The summed E-state index contributed by atoms with van der Waals surface area (Å²) >= 11 is 6.14. The van der Waals surface area contributed by atoms with Crippen LogP contribution < -0.4 is 5.32 Å². The highest BCUT2D eigenvalue weighted by Crippen LogP contribution is 2.37. The maximum absolute atomic E-state index is 13.1. The van der Waals surface area contributed by atoms with E-state index in [0.717, 1.165) is 39.0 Å². The first-order chi connectivity index (χ1) is 12.9. The van der Waals surface area contributed by atoms with Crippen molar-refractivity contribution in [1.29, 1.82) is 0 Å². The highest BCUT2D eigenvalue weighted by molar-refractivity contribution is 6.21. The molecule has 1 aliphatic carbocycles. The van der Waals surface area contributed by atoms with Crippen molar-refractivity contribution in [2.45, 2.75) is 63.0 Å². The number of aliphatic hydroxyl groups is 1. The summed E-state index contributed by atoms with van der Waals surface area (Å²) in [7, 11) is 0. The lowest BCUT2D eigenvalue weighted by Gasteiger charge is -2.44. The number of amides is 1. The van der Waals surface area contributed by atoms with E-state index in [-0.39, 0.29) is 29.2 Å². The first-order valence-electron chi connectivity index (χ1n) is 10.5. The van der Waals surface area contributed by atoms with E-state index in [2.05, 4.69) is 25.2 Å². The molecule has 2 aliphatic heterocycles. The molecule has 6 heteroatoms. The quantitative estimate of drug-likeness (QED) is 0.533. The van der Waals surface area contributed by atoms with Crippen LogP contribution in [0, 0.1) is 17.8 Å². The van der Waals surface area contributed by atoms with Gasteiger partial charge in [-0.05, 0) is 43.9 Å². The number of alkyl halides is 1. The molecule has 0 aromatic heterocycles. The predicted molar refractivity (Wildman–Crippen MR) is 108 cm³/mol. The molecule has 27 heavy (non-hydrogen) atoms. The number of ether oxygens (including phenoxy) is 1. The second kappa shape index (κ2) is 9.25. The number of rotatable bonds is 6. The maximum Gasteiger partial charge on any atom is 0.239 e. The van der Waals surface area contributed by atoms with Crippen LogP contribution in [0.1, 0.15) is 46.0 Å². The molecule has 2 heterocycles. The number of hydrogen-bond acceptors (Lipinski definition) is 4. The lowest BCUT2D eigenvalue weighted by molar-refractivity contribution is -0.140. The largest absolute Gasteiger partial charge is 0.389 e. The Morgan fingerprint density at radius 1 is 1.30 bits per heavy atom.